The number of carbonyl (C=O) groups excluding carboxylic acids is 1. The normalized spacial score (nSPS) is 10.9. The fourth-order valence-corrected chi connectivity index (χ4v) is 2.72. The van der Waals surface area contributed by atoms with Crippen molar-refractivity contribution in [2.45, 2.75) is 5.16 Å². The molecule has 1 aromatic heterocycles. The number of halogens is 2. The van der Waals surface area contributed by atoms with Gasteiger partial charge in [-0.2, -0.15) is 5.10 Å². The number of benzene rings is 2. The lowest BCUT2D eigenvalue weighted by molar-refractivity contribution is -0.113. The van der Waals surface area contributed by atoms with Crippen LogP contribution in [0.1, 0.15) is 5.56 Å². The number of hydrogen-bond donors (Lipinski definition) is 3. The minimum Gasteiger partial charge on any atom is -0.334 e. The zero-order chi connectivity index (χ0) is 19.9. The first-order valence-corrected chi connectivity index (χ1v) is 8.94. The fourth-order valence-electron chi connectivity index (χ4n) is 2.06. The van der Waals surface area contributed by atoms with E-state index < -0.39 is 17.5 Å². The molecule has 28 heavy (non-hydrogen) atoms. The second-order valence-electron chi connectivity index (χ2n) is 5.42. The number of nitrogens with zero attached hydrogens (tertiary/aromatic N) is 4. The van der Waals surface area contributed by atoms with Crippen molar-refractivity contribution in [3.63, 3.8) is 0 Å². The largest absolute Gasteiger partial charge is 0.334 e. The van der Waals surface area contributed by atoms with Crippen molar-refractivity contribution in [2.24, 2.45) is 5.10 Å². The molecule has 0 saturated heterocycles. The standard InChI is InChI=1S/C17H15F2N7OS/c18-12-6-7-14(13(19)8-12)22-15(27)10-28-17-25-24-16(26(17)20)23-21-9-11-4-2-1-3-5-11/h1-9H,10,20H2,(H,22,27)(H,23,24)/b21-9+. The molecule has 0 bridgehead atoms. The van der Waals surface area contributed by atoms with Crippen molar-refractivity contribution in [1.29, 1.82) is 0 Å². The number of thioether (sulfide) groups is 1. The lowest BCUT2D eigenvalue weighted by atomic mass is 10.2. The highest BCUT2D eigenvalue weighted by atomic mass is 32.2. The molecule has 0 aliphatic rings. The second-order valence-corrected chi connectivity index (χ2v) is 6.36. The van der Waals surface area contributed by atoms with Crippen LogP contribution in [-0.2, 0) is 4.79 Å². The van der Waals surface area contributed by atoms with Gasteiger partial charge in [0.25, 0.3) is 5.95 Å². The number of hydrazone groups is 1. The van der Waals surface area contributed by atoms with E-state index in [1.165, 1.54) is 0 Å². The monoisotopic (exact) mass is 403 g/mol. The average Bonchev–Trinajstić information content (AvgIpc) is 3.03. The van der Waals surface area contributed by atoms with Crippen molar-refractivity contribution >= 4 is 35.5 Å². The Hall–Kier alpha value is -3.47. The van der Waals surface area contributed by atoms with Gasteiger partial charge in [0.15, 0.2) is 0 Å². The number of rotatable bonds is 7. The molecule has 144 valence electrons. The van der Waals surface area contributed by atoms with Gasteiger partial charge < -0.3 is 11.2 Å². The minimum absolute atomic E-state index is 0.0978. The summed E-state index contributed by atoms with van der Waals surface area (Å²) < 4.78 is 27.6. The third-order valence-corrected chi connectivity index (χ3v) is 4.32. The van der Waals surface area contributed by atoms with Crippen molar-refractivity contribution < 1.29 is 13.6 Å². The van der Waals surface area contributed by atoms with Gasteiger partial charge in [-0.05, 0) is 17.7 Å². The summed E-state index contributed by atoms with van der Waals surface area (Å²) in [6.45, 7) is 0. The van der Waals surface area contributed by atoms with E-state index in [1.54, 1.807) is 6.21 Å². The number of aromatic nitrogens is 3. The molecule has 0 spiro atoms. The lowest BCUT2D eigenvalue weighted by Crippen LogP contribution is -2.17. The van der Waals surface area contributed by atoms with Crippen molar-refractivity contribution in [2.75, 3.05) is 22.3 Å². The average molecular weight is 403 g/mol. The van der Waals surface area contributed by atoms with E-state index in [4.69, 9.17) is 5.84 Å². The summed E-state index contributed by atoms with van der Waals surface area (Å²) in [5, 5.41) is 14.3. The Morgan fingerprint density at radius 2 is 2.00 bits per heavy atom. The van der Waals surface area contributed by atoms with Crippen LogP contribution in [0.4, 0.5) is 20.4 Å². The van der Waals surface area contributed by atoms with Gasteiger partial charge in [-0.25, -0.2) is 18.9 Å². The molecule has 0 fully saturated rings. The molecule has 4 N–H and O–H groups in total. The van der Waals surface area contributed by atoms with Crippen LogP contribution in [0.15, 0.2) is 58.8 Å². The van der Waals surface area contributed by atoms with E-state index in [2.05, 4.69) is 26.0 Å². The van der Waals surface area contributed by atoms with Crippen LogP contribution in [0.2, 0.25) is 0 Å². The molecule has 0 aliphatic carbocycles. The zero-order valence-corrected chi connectivity index (χ0v) is 15.2. The van der Waals surface area contributed by atoms with Crippen LogP contribution in [0, 0.1) is 11.6 Å². The van der Waals surface area contributed by atoms with Crippen molar-refractivity contribution in [3.8, 4) is 0 Å². The smallest absolute Gasteiger partial charge is 0.264 e. The Morgan fingerprint density at radius 1 is 1.21 bits per heavy atom. The number of carbonyl (C=O) groups is 1. The first-order valence-electron chi connectivity index (χ1n) is 7.95. The van der Waals surface area contributed by atoms with Crippen LogP contribution < -0.4 is 16.6 Å². The highest BCUT2D eigenvalue weighted by molar-refractivity contribution is 7.99. The van der Waals surface area contributed by atoms with Gasteiger partial charge in [0.05, 0.1) is 17.7 Å². The number of anilines is 2. The Kier molecular flexibility index (Phi) is 6.17. The molecule has 0 saturated carbocycles. The Labute approximate surface area is 162 Å². The summed E-state index contributed by atoms with van der Waals surface area (Å²) in [7, 11) is 0. The van der Waals surface area contributed by atoms with E-state index in [0.29, 0.717) is 6.07 Å². The van der Waals surface area contributed by atoms with Crippen LogP contribution in [0.3, 0.4) is 0 Å². The highest BCUT2D eigenvalue weighted by Crippen LogP contribution is 2.19. The minimum atomic E-state index is -0.858. The number of nitrogens with two attached hydrogens (primary N) is 1. The van der Waals surface area contributed by atoms with E-state index in [-0.39, 0.29) is 22.5 Å². The summed E-state index contributed by atoms with van der Waals surface area (Å²) in [4.78, 5) is 11.9. The van der Waals surface area contributed by atoms with Crippen LogP contribution in [-0.4, -0.2) is 32.7 Å². The maximum absolute atomic E-state index is 13.6. The quantitative estimate of drug-likeness (QED) is 0.242. The molecule has 0 aliphatic heterocycles. The van der Waals surface area contributed by atoms with E-state index in [0.717, 1.165) is 34.1 Å². The molecular weight excluding hydrogens is 388 g/mol. The zero-order valence-electron chi connectivity index (χ0n) is 14.3. The van der Waals surface area contributed by atoms with Crippen molar-refractivity contribution in [1.82, 2.24) is 14.9 Å². The number of amides is 1. The predicted octanol–water partition coefficient (Wildman–Crippen LogP) is 2.45. The van der Waals surface area contributed by atoms with Crippen LogP contribution >= 0.6 is 11.8 Å². The van der Waals surface area contributed by atoms with E-state index in [1.807, 2.05) is 30.3 Å². The molecule has 1 heterocycles. The molecular formula is C17H15F2N7OS. The first-order chi connectivity index (χ1) is 13.5. The number of hydrogen-bond acceptors (Lipinski definition) is 7. The SMILES string of the molecule is Nn1c(N/N=C/c2ccccc2)nnc1SCC(=O)Nc1ccc(F)cc1F. The molecule has 0 unspecified atom stereocenters. The summed E-state index contributed by atoms with van der Waals surface area (Å²) >= 11 is 0.998. The summed E-state index contributed by atoms with van der Waals surface area (Å²) in [6, 6.07) is 12.3. The van der Waals surface area contributed by atoms with Gasteiger partial charge >= 0.3 is 0 Å². The van der Waals surface area contributed by atoms with E-state index in [9.17, 15) is 13.6 Å². The topological polar surface area (TPSA) is 110 Å². The summed E-state index contributed by atoms with van der Waals surface area (Å²) in [6.07, 6.45) is 1.59. The molecule has 8 nitrogen and oxygen atoms in total. The van der Waals surface area contributed by atoms with Gasteiger partial charge in [-0.15, -0.1) is 10.2 Å². The van der Waals surface area contributed by atoms with Gasteiger partial charge in [0.2, 0.25) is 11.1 Å². The first kappa shape index (κ1) is 19.3. The Morgan fingerprint density at radius 3 is 2.75 bits per heavy atom. The molecule has 2 aromatic carbocycles. The maximum Gasteiger partial charge on any atom is 0.264 e. The third kappa shape index (κ3) is 5.04. The van der Waals surface area contributed by atoms with Crippen molar-refractivity contribution in [3.05, 3.63) is 65.7 Å². The molecule has 0 atom stereocenters. The molecule has 3 aromatic rings. The summed E-state index contributed by atoms with van der Waals surface area (Å²) in [5.74, 6) is 3.86. The second kappa shape index (κ2) is 8.95. The van der Waals surface area contributed by atoms with Crippen LogP contribution in [0.5, 0.6) is 0 Å². The maximum atomic E-state index is 13.6. The van der Waals surface area contributed by atoms with Gasteiger partial charge in [-0.1, -0.05) is 42.1 Å². The lowest BCUT2D eigenvalue weighted by Gasteiger charge is -2.06. The predicted molar refractivity (Wildman–Crippen MR) is 104 cm³/mol. The van der Waals surface area contributed by atoms with Crippen LogP contribution in [0.25, 0.3) is 0 Å². The fraction of sp³-hybridized carbons (Fsp3) is 0.0588. The number of nitrogens with one attached hydrogen (secondary N) is 2. The molecule has 11 heteroatoms. The third-order valence-electron chi connectivity index (χ3n) is 3.38. The Bertz CT molecular complexity index is 994. The van der Waals surface area contributed by atoms with Gasteiger partial charge in [-0.3, -0.25) is 4.79 Å². The Balaban J connectivity index is 1.53. The summed E-state index contributed by atoms with van der Waals surface area (Å²) in [5.41, 5.74) is 3.43. The van der Waals surface area contributed by atoms with Gasteiger partial charge in [0.1, 0.15) is 11.6 Å². The highest BCUT2D eigenvalue weighted by Gasteiger charge is 2.13. The van der Waals surface area contributed by atoms with E-state index >= 15 is 0 Å². The molecule has 0 radical (unpaired) electrons. The molecule has 1 amide bonds. The number of nitrogen functional groups attached to an aromatic ring is 1. The molecule has 3 rings (SSSR count). The van der Waals surface area contributed by atoms with Gasteiger partial charge in [0, 0.05) is 6.07 Å².